The third-order valence-electron chi connectivity index (χ3n) is 3.44. The maximum Gasteiger partial charge on any atom is 0.167 e. The number of nitrogens with one attached hydrogen (secondary N) is 1. The summed E-state index contributed by atoms with van der Waals surface area (Å²) in [7, 11) is 1.45. The van der Waals surface area contributed by atoms with Gasteiger partial charge in [0.2, 0.25) is 0 Å². The van der Waals surface area contributed by atoms with E-state index in [1.54, 1.807) is 12.1 Å². The average molecular weight is 285 g/mol. The number of hydrogen-bond donors (Lipinski definition) is 1. The lowest BCUT2D eigenvalue weighted by Crippen LogP contribution is -2.04. The maximum absolute atomic E-state index is 13.7. The molecule has 1 aromatic carbocycles. The summed E-state index contributed by atoms with van der Waals surface area (Å²) in [4.78, 5) is 4.50. The van der Waals surface area contributed by atoms with Crippen LogP contribution in [0.15, 0.2) is 42.6 Å². The molecule has 1 N–H and O–H groups in total. The van der Waals surface area contributed by atoms with E-state index < -0.39 is 0 Å². The molecule has 3 rings (SSSR count). The first-order valence-electron chi connectivity index (χ1n) is 6.69. The molecule has 0 saturated carbocycles. The number of halogens is 1. The summed E-state index contributed by atoms with van der Waals surface area (Å²) >= 11 is 0. The summed E-state index contributed by atoms with van der Waals surface area (Å²) in [5, 5.41) is 3.22. The molecule has 0 atom stereocenters. The first kappa shape index (κ1) is 13.4. The quantitative estimate of drug-likeness (QED) is 0.798. The fourth-order valence-corrected chi connectivity index (χ4v) is 2.34. The number of hydrogen-bond acceptors (Lipinski definition) is 3. The van der Waals surface area contributed by atoms with Crippen molar-refractivity contribution in [3.63, 3.8) is 0 Å². The number of imidazole rings is 1. The second-order valence-electron chi connectivity index (χ2n) is 4.78. The molecule has 0 aliphatic carbocycles. The van der Waals surface area contributed by atoms with Gasteiger partial charge in [-0.1, -0.05) is 6.07 Å². The van der Waals surface area contributed by atoms with Crippen molar-refractivity contribution in [3.8, 4) is 5.75 Å². The van der Waals surface area contributed by atoms with Crippen molar-refractivity contribution in [1.82, 2.24) is 9.38 Å². The Labute approximate surface area is 122 Å². The van der Waals surface area contributed by atoms with E-state index in [2.05, 4.69) is 10.3 Å². The lowest BCUT2D eigenvalue weighted by molar-refractivity contribution is 0.386. The van der Waals surface area contributed by atoms with Gasteiger partial charge in [0.05, 0.1) is 25.0 Å². The third-order valence-corrected chi connectivity index (χ3v) is 3.44. The number of aryl methyl sites for hydroxylation is 1. The molecule has 4 nitrogen and oxygen atoms in total. The number of pyridine rings is 1. The van der Waals surface area contributed by atoms with Crippen LogP contribution in [0.1, 0.15) is 11.4 Å². The SMILES string of the molecule is COc1ccc(NCc2c(C)nc3ccccn23)cc1F. The highest BCUT2D eigenvalue weighted by Crippen LogP contribution is 2.21. The Kier molecular flexibility index (Phi) is 3.48. The second kappa shape index (κ2) is 5.44. The van der Waals surface area contributed by atoms with E-state index in [9.17, 15) is 4.39 Å². The number of rotatable bonds is 4. The predicted octanol–water partition coefficient (Wildman–Crippen LogP) is 3.40. The van der Waals surface area contributed by atoms with Crippen LogP contribution in [-0.4, -0.2) is 16.5 Å². The maximum atomic E-state index is 13.7. The molecule has 3 aromatic rings. The Morgan fingerprint density at radius 2 is 2.14 bits per heavy atom. The highest BCUT2D eigenvalue weighted by molar-refractivity contribution is 5.49. The zero-order valence-electron chi connectivity index (χ0n) is 11.9. The molecule has 0 radical (unpaired) electrons. The van der Waals surface area contributed by atoms with Crippen molar-refractivity contribution in [3.05, 3.63) is 59.8 Å². The zero-order chi connectivity index (χ0) is 14.8. The highest BCUT2D eigenvalue weighted by atomic mass is 19.1. The van der Waals surface area contributed by atoms with Crippen LogP contribution in [0.2, 0.25) is 0 Å². The van der Waals surface area contributed by atoms with Gasteiger partial charge in [-0.15, -0.1) is 0 Å². The van der Waals surface area contributed by atoms with E-state index in [-0.39, 0.29) is 11.6 Å². The van der Waals surface area contributed by atoms with E-state index in [1.807, 2.05) is 35.7 Å². The van der Waals surface area contributed by atoms with E-state index in [4.69, 9.17) is 4.74 Å². The molecule has 0 bridgehead atoms. The summed E-state index contributed by atoms with van der Waals surface area (Å²) in [5.74, 6) is -0.135. The van der Waals surface area contributed by atoms with Gasteiger partial charge in [0, 0.05) is 18.0 Å². The fourth-order valence-electron chi connectivity index (χ4n) is 2.34. The average Bonchev–Trinajstić information content (AvgIpc) is 2.81. The van der Waals surface area contributed by atoms with Gasteiger partial charge >= 0.3 is 0 Å². The number of ether oxygens (including phenoxy) is 1. The molecular weight excluding hydrogens is 269 g/mol. The van der Waals surface area contributed by atoms with Gasteiger partial charge in [0.1, 0.15) is 5.65 Å². The molecule has 5 heteroatoms. The molecule has 0 aliphatic heterocycles. The number of fused-ring (bicyclic) bond motifs is 1. The van der Waals surface area contributed by atoms with Crippen LogP contribution in [-0.2, 0) is 6.54 Å². The highest BCUT2D eigenvalue weighted by Gasteiger charge is 2.08. The molecule has 0 fully saturated rings. The second-order valence-corrected chi connectivity index (χ2v) is 4.78. The number of benzene rings is 1. The van der Waals surface area contributed by atoms with Crippen molar-refractivity contribution >= 4 is 11.3 Å². The van der Waals surface area contributed by atoms with Gasteiger partial charge in [-0.05, 0) is 31.2 Å². The molecule has 0 aliphatic rings. The molecule has 108 valence electrons. The lowest BCUT2D eigenvalue weighted by Gasteiger charge is -2.09. The van der Waals surface area contributed by atoms with Crippen LogP contribution in [0.5, 0.6) is 5.75 Å². The normalized spacial score (nSPS) is 10.8. The topological polar surface area (TPSA) is 38.6 Å². The molecule has 2 aromatic heterocycles. The standard InChI is InChI=1S/C16H16FN3O/c1-11-14(20-8-4-3-5-16(20)19-11)10-18-12-6-7-15(21-2)13(17)9-12/h3-9,18H,10H2,1-2H3. The summed E-state index contributed by atoms with van der Waals surface area (Å²) in [6.45, 7) is 2.54. The van der Waals surface area contributed by atoms with E-state index in [0.29, 0.717) is 12.2 Å². The minimum atomic E-state index is -0.377. The Balaban J connectivity index is 1.83. The number of anilines is 1. The monoisotopic (exact) mass is 285 g/mol. The van der Waals surface area contributed by atoms with Gasteiger partial charge in [0.25, 0.3) is 0 Å². The number of methoxy groups -OCH3 is 1. The van der Waals surface area contributed by atoms with Crippen LogP contribution in [0, 0.1) is 12.7 Å². The summed E-state index contributed by atoms with van der Waals surface area (Å²) in [5.41, 5.74) is 3.64. The molecule has 21 heavy (non-hydrogen) atoms. The molecule has 0 saturated heterocycles. The van der Waals surface area contributed by atoms with Crippen LogP contribution >= 0.6 is 0 Å². The fraction of sp³-hybridized carbons (Fsp3) is 0.188. The van der Waals surface area contributed by atoms with Gasteiger partial charge < -0.3 is 14.5 Å². The van der Waals surface area contributed by atoms with Gasteiger partial charge in [-0.25, -0.2) is 9.37 Å². The third kappa shape index (κ3) is 2.54. The molecular formula is C16H16FN3O. The minimum Gasteiger partial charge on any atom is -0.494 e. The van der Waals surface area contributed by atoms with Crippen molar-refractivity contribution in [2.45, 2.75) is 13.5 Å². The zero-order valence-corrected chi connectivity index (χ0v) is 11.9. The molecule has 0 amide bonds. The largest absolute Gasteiger partial charge is 0.494 e. The van der Waals surface area contributed by atoms with Crippen molar-refractivity contribution in [2.24, 2.45) is 0 Å². The summed E-state index contributed by atoms with van der Waals surface area (Å²) in [6, 6.07) is 10.7. The summed E-state index contributed by atoms with van der Waals surface area (Å²) in [6.07, 6.45) is 1.97. The molecule has 0 unspecified atom stereocenters. The summed E-state index contributed by atoms with van der Waals surface area (Å²) < 4.78 is 20.6. The lowest BCUT2D eigenvalue weighted by atomic mass is 10.2. The Morgan fingerprint density at radius 1 is 1.29 bits per heavy atom. The van der Waals surface area contributed by atoms with Crippen LogP contribution in [0.4, 0.5) is 10.1 Å². The Morgan fingerprint density at radius 3 is 2.90 bits per heavy atom. The number of aromatic nitrogens is 2. The van der Waals surface area contributed by atoms with Crippen molar-refractivity contribution in [2.75, 3.05) is 12.4 Å². The van der Waals surface area contributed by atoms with Gasteiger partial charge in [-0.3, -0.25) is 0 Å². The van der Waals surface area contributed by atoms with Gasteiger partial charge in [-0.2, -0.15) is 0 Å². The van der Waals surface area contributed by atoms with Crippen LogP contribution in [0.3, 0.4) is 0 Å². The molecule has 2 heterocycles. The van der Waals surface area contributed by atoms with E-state index in [1.165, 1.54) is 13.2 Å². The Hall–Kier alpha value is -2.56. The van der Waals surface area contributed by atoms with E-state index in [0.717, 1.165) is 17.0 Å². The van der Waals surface area contributed by atoms with Crippen LogP contribution < -0.4 is 10.1 Å². The smallest absolute Gasteiger partial charge is 0.167 e. The molecule has 0 spiro atoms. The van der Waals surface area contributed by atoms with Crippen molar-refractivity contribution < 1.29 is 9.13 Å². The predicted molar refractivity (Wildman–Crippen MR) is 80.2 cm³/mol. The van der Waals surface area contributed by atoms with Gasteiger partial charge in [0.15, 0.2) is 11.6 Å². The first-order chi connectivity index (χ1) is 10.2. The number of nitrogens with zero attached hydrogens (tertiary/aromatic N) is 2. The van der Waals surface area contributed by atoms with E-state index >= 15 is 0 Å². The minimum absolute atomic E-state index is 0.242. The van der Waals surface area contributed by atoms with Crippen molar-refractivity contribution in [1.29, 1.82) is 0 Å². The van der Waals surface area contributed by atoms with Crippen LogP contribution in [0.25, 0.3) is 5.65 Å². The Bertz CT molecular complexity index is 782. The first-order valence-corrected chi connectivity index (χ1v) is 6.69.